The van der Waals surface area contributed by atoms with Gasteiger partial charge in [0.05, 0.1) is 5.56 Å². The second kappa shape index (κ2) is 8.15. The van der Waals surface area contributed by atoms with E-state index >= 15 is 0 Å². The fourth-order valence-corrected chi connectivity index (χ4v) is 5.05. The molecule has 1 aromatic carbocycles. The summed E-state index contributed by atoms with van der Waals surface area (Å²) in [6.45, 7) is 1.73. The molecule has 152 valence electrons. The quantitative estimate of drug-likeness (QED) is 0.833. The number of carbonyl (C=O) groups excluding carboxylic acids is 2. The van der Waals surface area contributed by atoms with Crippen molar-refractivity contribution in [2.45, 2.75) is 63.1 Å². The third-order valence-electron chi connectivity index (χ3n) is 6.47. The molecule has 0 bridgehead atoms. The van der Waals surface area contributed by atoms with Gasteiger partial charge in [-0.25, -0.2) is 8.78 Å². The summed E-state index contributed by atoms with van der Waals surface area (Å²) in [6, 6.07) is 2.48. The molecule has 7 heteroatoms. The average molecular weight is 391 g/mol. The van der Waals surface area contributed by atoms with E-state index in [-0.39, 0.29) is 29.5 Å². The summed E-state index contributed by atoms with van der Waals surface area (Å²) in [4.78, 5) is 27.9. The number of amides is 2. The zero-order chi connectivity index (χ0) is 19.7. The first-order chi connectivity index (χ1) is 13.5. The predicted octanol–water partition coefficient (Wildman–Crippen LogP) is 2.61. The van der Waals surface area contributed by atoms with Gasteiger partial charge in [0.1, 0.15) is 17.7 Å². The number of piperidine rings is 1. The zero-order valence-electron chi connectivity index (χ0n) is 15.9. The van der Waals surface area contributed by atoms with Gasteiger partial charge in [-0.3, -0.25) is 9.59 Å². The highest BCUT2D eigenvalue weighted by molar-refractivity contribution is 5.98. The van der Waals surface area contributed by atoms with Crippen LogP contribution >= 0.6 is 0 Å². The zero-order valence-corrected chi connectivity index (χ0v) is 15.9. The fraction of sp³-hybridized carbons (Fsp3) is 0.619. The summed E-state index contributed by atoms with van der Waals surface area (Å²) >= 11 is 0. The lowest BCUT2D eigenvalue weighted by Crippen LogP contribution is -2.53. The Morgan fingerprint density at radius 2 is 1.82 bits per heavy atom. The van der Waals surface area contributed by atoms with Gasteiger partial charge in [0, 0.05) is 18.2 Å². The number of hydrogen-bond donors (Lipinski definition) is 2. The van der Waals surface area contributed by atoms with Gasteiger partial charge in [-0.2, -0.15) is 0 Å². The lowest BCUT2D eigenvalue weighted by molar-refractivity contribution is -0.126. The van der Waals surface area contributed by atoms with Crippen LogP contribution in [0.4, 0.5) is 8.78 Å². The normalized spacial score (nSPS) is 28.1. The summed E-state index contributed by atoms with van der Waals surface area (Å²) in [7, 11) is 0. The van der Waals surface area contributed by atoms with E-state index in [0.717, 1.165) is 63.7 Å². The minimum Gasteiger partial charge on any atom is -0.351 e. The number of hydrogen-bond acceptors (Lipinski definition) is 3. The van der Waals surface area contributed by atoms with E-state index in [2.05, 4.69) is 10.6 Å². The molecule has 1 aliphatic carbocycles. The van der Waals surface area contributed by atoms with E-state index in [0.29, 0.717) is 6.42 Å². The number of rotatable bonds is 3. The summed E-state index contributed by atoms with van der Waals surface area (Å²) in [5.41, 5.74) is -0.160. The van der Waals surface area contributed by atoms with E-state index in [1.165, 1.54) is 6.07 Å². The molecule has 3 atom stereocenters. The molecule has 28 heavy (non-hydrogen) atoms. The Hall–Kier alpha value is -2.02. The van der Waals surface area contributed by atoms with Crippen LogP contribution in [-0.4, -0.2) is 47.9 Å². The van der Waals surface area contributed by atoms with E-state index in [9.17, 15) is 18.4 Å². The van der Waals surface area contributed by atoms with Crippen molar-refractivity contribution >= 4 is 11.8 Å². The molecule has 1 saturated carbocycles. The highest BCUT2D eigenvalue weighted by Gasteiger charge is 2.48. The van der Waals surface area contributed by atoms with E-state index in [1.54, 1.807) is 4.90 Å². The van der Waals surface area contributed by atoms with Gasteiger partial charge in [-0.15, -0.1) is 0 Å². The Bertz CT molecular complexity index is 751. The van der Waals surface area contributed by atoms with Crippen LogP contribution in [0.3, 0.4) is 0 Å². The maximum absolute atomic E-state index is 14.3. The minimum absolute atomic E-state index is 0.0468. The van der Waals surface area contributed by atoms with Crippen LogP contribution in [0.15, 0.2) is 18.2 Å². The van der Waals surface area contributed by atoms with Crippen molar-refractivity contribution in [1.82, 2.24) is 15.5 Å². The Labute approximate surface area is 163 Å². The Kier molecular flexibility index (Phi) is 5.62. The summed E-state index contributed by atoms with van der Waals surface area (Å²) in [6.07, 6.45) is 6.26. The number of halogens is 2. The molecule has 0 spiro atoms. The van der Waals surface area contributed by atoms with Gasteiger partial charge >= 0.3 is 0 Å². The average Bonchev–Trinajstić information content (AvgIpc) is 3.08. The molecule has 3 aliphatic rings. The van der Waals surface area contributed by atoms with E-state index in [4.69, 9.17) is 0 Å². The van der Waals surface area contributed by atoms with Crippen molar-refractivity contribution in [2.24, 2.45) is 5.92 Å². The fourth-order valence-electron chi connectivity index (χ4n) is 5.05. The minimum atomic E-state index is -0.873. The molecule has 3 unspecified atom stereocenters. The largest absolute Gasteiger partial charge is 0.351 e. The molecule has 2 amide bonds. The Morgan fingerprint density at radius 3 is 2.57 bits per heavy atom. The standard InChI is InChI=1S/C21H27F2N3O2/c22-14-5-6-16(17(23)12-14)21(28)26-18-4-2-1-3-13(18)11-19(26)20(27)25-15-7-9-24-10-8-15/h5-6,12-13,15,18-19,24H,1-4,7-11H2,(H,25,27). The molecule has 2 saturated heterocycles. The van der Waals surface area contributed by atoms with Gasteiger partial charge in [0.25, 0.3) is 5.91 Å². The lowest BCUT2D eigenvalue weighted by atomic mass is 9.84. The second-order valence-electron chi connectivity index (χ2n) is 8.23. The number of benzene rings is 1. The van der Waals surface area contributed by atoms with E-state index < -0.39 is 23.6 Å². The number of carbonyl (C=O) groups is 2. The van der Waals surface area contributed by atoms with Crippen molar-refractivity contribution in [3.63, 3.8) is 0 Å². The van der Waals surface area contributed by atoms with Gasteiger partial charge in [-0.05, 0) is 63.2 Å². The topological polar surface area (TPSA) is 61.4 Å². The maximum Gasteiger partial charge on any atom is 0.257 e. The molecule has 3 fully saturated rings. The molecular formula is C21H27F2N3O2. The van der Waals surface area contributed by atoms with Gasteiger partial charge in [0.2, 0.25) is 5.91 Å². The highest BCUT2D eigenvalue weighted by atomic mass is 19.1. The third-order valence-corrected chi connectivity index (χ3v) is 6.47. The van der Waals surface area contributed by atoms with Crippen LogP contribution in [0.1, 0.15) is 55.3 Å². The number of nitrogens with one attached hydrogen (secondary N) is 2. The van der Waals surface area contributed by atoms with Crippen LogP contribution in [0, 0.1) is 17.6 Å². The lowest BCUT2D eigenvalue weighted by Gasteiger charge is -2.34. The van der Waals surface area contributed by atoms with Gasteiger partial charge in [0.15, 0.2) is 0 Å². The van der Waals surface area contributed by atoms with Crippen LogP contribution in [0.2, 0.25) is 0 Å². The number of fused-ring (bicyclic) bond motifs is 1. The van der Waals surface area contributed by atoms with Crippen molar-refractivity contribution in [1.29, 1.82) is 0 Å². The Balaban J connectivity index is 1.58. The predicted molar refractivity (Wildman–Crippen MR) is 101 cm³/mol. The van der Waals surface area contributed by atoms with Crippen molar-refractivity contribution in [3.8, 4) is 0 Å². The first kappa shape index (κ1) is 19.3. The van der Waals surface area contributed by atoms with Crippen molar-refractivity contribution in [3.05, 3.63) is 35.4 Å². The van der Waals surface area contributed by atoms with Crippen LogP contribution in [0.5, 0.6) is 0 Å². The smallest absolute Gasteiger partial charge is 0.257 e. The molecule has 2 aliphatic heterocycles. The SMILES string of the molecule is O=C(NC1CCNCC1)C1CC2CCCCC2N1C(=O)c1ccc(F)cc1F. The third kappa shape index (κ3) is 3.77. The first-order valence-electron chi connectivity index (χ1n) is 10.3. The molecule has 0 aromatic heterocycles. The van der Waals surface area contributed by atoms with Gasteiger partial charge < -0.3 is 15.5 Å². The highest BCUT2D eigenvalue weighted by Crippen LogP contribution is 2.40. The van der Waals surface area contributed by atoms with Crippen LogP contribution in [-0.2, 0) is 4.79 Å². The number of likely N-dealkylation sites (tertiary alicyclic amines) is 1. The molecule has 5 nitrogen and oxygen atoms in total. The monoisotopic (exact) mass is 391 g/mol. The summed E-state index contributed by atoms with van der Waals surface area (Å²) in [5.74, 6) is -1.97. The molecule has 4 rings (SSSR count). The summed E-state index contributed by atoms with van der Waals surface area (Å²) < 4.78 is 27.6. The molecular weight excluding hydrogens is 364 g/mol. The molecule has 0 radical (unpaired) electrons. The van der Waals surface area contributed by atoms with Crippen LogP contribution in [0.25, 0.3) is 0 Å². The molecule has 1 aromatic rings. The molecule has 2 heterocycles. The second-order valence-corrected chi connectivity index (χ2v) is 8.23. The Morgan fingerprint density at radius 1 is 1.07 bits per heavy atom. The van der Waals surface area contributed by atoms with Crippen molar-refractivity contribution < 1.29 is 18.4 Å². The number of nitrogens with zero attached hydrogens (tertiary/aromatic N) is 1. The maximum atomic E-state index is 14.3. The summed E-state index contributed by atoms with van der Waals surface area (Å²) in [5, 5.41) is 6.37. The first-order valence-corrected chi connectivity index (χ1v) is 10.3. The van der Waals surface area contributed by atoms with Gasteiger partial charge in [-0.1, -0.05) is 12.8 Å². The van der Waals surface area contributed by atoms with Crippen molar-refractivity contribution in [2.75, 3.05) is 13.1 Å². The van der Waals surface area contributed by atoms with Crippen LogP contribution < -0.4 is 10.6 Å². The van der Waals surface area contributed by atoms with E-state index in [1.807, 2.05) is 0 Å². The molecule has 2 N–H and O–H groups in total.